The zero-order valence-electron chi connectivity index (χ0n) is 26.7. The zero-order chi connectivity index (χ0) is 32.1. The average Bonchev–Trinajstić information content (AvgIpc) is 3.51. The van der Waals surface area contributed by atoms with Crippen LogP contribution < -0.4 is 14.8 Å². The van der Waals surface area contributed by atoms with E-state index in [9.17, 15) is 4.79 Å². The van der Waals surface area contributed by atoms with E-state index < -0.39 is 17.5 Å². The minimum Gasteiger partial charge on any atom is -0.444 e. The Morgan fingerprint density at radius 2 is 1.91 bits per heavy atom. The molecular weight excluding hydrogens is 606 g/mol. The third kappa shape index (κ3) is 6.38. The Kier molecular flexibility index (Phi) is 8.07. The lowest BCUT2D eigenvalue weighted by atomic mass is 9.88. The molecule has 3 aliphatic rings. The lowest BCUT2D eigenvalue weighted by Crippen LogP contribution is -2.35. The number of hydrogen-bond acceptors (Lipinski definition) is 8. The van der Waals surface area contributed by atoms with Gasteiger partial charge in [0.1, 0.15) is 17.1 Å². The van der Waals surface area contributed by atoms with Gasteiger partial charge in [0.05, 0.1) is 35.2 Å². The number of nitrogens with zero attached hydrogens (tertiary/aromatic N) is 4. The second-order valence-electron chi connectivity index (χ2n) is 13.5. The number of pyridine rings is 1. The van der Waals surface area contributed by atoms with Crippen molar-refractivity contribution in [3.63, 3.8) is 0 Å². The van der Waals surface area contributed by atoms with Crippen molar-refractivity contribution in [2.75, 3.05) is 25.0 Å². The fourth-order valence-corrected chi connectivity index (χ4v) is 6.56. The number of anilines is 1. The number of halogens is 1. The van der Waals surface area contributed by atoms with Gasteiger partial charge in [-0.3, -0.25) is 15.2 Å². The molecule has 0 saturated carbocycles. The molecule has 0 unspecified atom stereocenters. The molecule has 0 bridgehead atoms. The van der Waals surface area contributed by atoms with Crippen LogP contribution in [0, 0.1) is 0 Å². The van der Waals surface area contributed by atoms with E-state index in [1.807, 2.05) is 64.1 Å². The summed E-state index contributed by atoms with van der Waals surface area (Å²) in [5.41, 5.74) is 3.83. The molecule has 2 fully saturated rings. The minimum absolute atomic E-state index is 0.167. The average molecular weight is 646 g/mol. The number of piperidine rings is 1. The van der Waals surface area contributed by atoms with Gasteiger partial charge in [0.2, 0.25) is 0 Å². The predicted octanol–water partition coefficient (Wildman–Crippen LogP) is 7.24. The first-order chi connectivity index (χ1) is 22.0. The highest BCUT2D eigenvalue weighted by atomic mass is 35.5. The largest absolute Gasteiger partial charge is 0.444 e. The van der Waals surface area contributed by atoms with Gasteiger partial charge in [-0.1, -0.05) is 23.7 Å². The Labute approximate surface area is 274 Å². The fraction of sp³-hybridized carbons (Fsp3) is 0.457. The summed E-state index contributed by atoms with van der Waals surface area (Å²) >= 11 is 6.07. The van der Waals surface area contributed by atoms with E-state index in [1.165, 1.54) is 5.56 Å². The number of aromatic nitrogens is 3. The fourth-order valence-electron chi connectivity index (χ4n) is 6.45. The summed E-state index contributed by atoms with van der Waals surface area (Å²) < 4.78 is 26.3. The van der Waals surface area contributed by atoms with E-state index in [2.05, 4.69) is 25.8 Å². The van der Waals surface area contributed by atoms with Gasteiger partial charge < -0.3 is 23.5 Å². The summed E-state index contributed by atoms with van der Waals surface area (Å²) in [6.07, 6.45) is 4.32. The van der Waals surface area contributed by atoms with Crippen molar-refractivity contribution in [3.8, 4) is 11.5 Å². The van der Waals surface area contributed by atoms with Crippen LogP contribution in [-0.4, -0.2) is 56.9 Å². The standard InChI is InChI=1S/C35H40ClN5O5/c1-34(2,3)46-33(42)38-24-9-10-27-28(18-24)41(20-25-14-17-43-25)31(39-27)21-40-15-12-22(13-16-40)26-6-5-7-29-32(26)45-35(4,44-29)30-11-8-23(36)19-37-30/h5-11,18-19,22,25H,12-17,20-21H2,1-4H3,(H,38,42)/t25-,35-/m0/s1. The molecule has 0 radical (unpaired) electrons. The summed E-state index contributed by atoms with van der Waals surface area (Å²) in [5, 5.41) is 3.44. The number of fused-ring (bicyclic) bond motifs is 2. The van der Waals surface area contributed by atoms with Gasteiger partial charge in [0.25, 0.3) is 5.79 Å². The Morgan fingerprint density at radius 3 is 2.61 bits per heavy atom. The van der Waals surface area contributed by atoms with Gasteiger partial charge in [-0.25, -0.2) is 9.78 Å². The van der Waals surface area contributed by atoms with E-state index in [4.69, 9.17) is 35.5 Å². The Hall–Kier alpha value is -3.86. The summed E-state index contributed by atoms with van der Waals surface area (Å²) in [6, 6.07) is 15.6. The molecule has 1 N–H and O–H groups in total. The number of nitrogens with one attached hydrogen (secondary N) is 1. The molecule has 0 aliphatic carbocycles. The van der Waals surface area contributed by atoms with Crippen LogP contribution in [0.3, 0.4) is 0 Å². The highest BCUT2D eigenvalue weighted by molar-refractivity contribution is 6.30. The van der Waals surface area contributed by atoms with Crippen LogP contribution in [0.5, 0.6) is 11.5 Å². The van der Waals surface area contributed by atoms with Crippen molar-refractivity contribution in [3.05, 3.63) is 76.8 Å². The molecule has 0 spiro atoms. The topological polar surface area (TPSA) is 100.0 Å². The van der Waals surface area contributed by atoms with Crippen LogP contribution in [0.25, 0.3) is 11.0 Å². The molecule has 2 saturated heterocycles. The summed E-state index contributed by atoms with van der Waals surface area (Å²) in [4.78, 5) is 24.4. The minimum atomic E-state index is -1.00. The van der Waals surface area contributed by atoms with Crippen LogP contribution in [0.1, 0.15) is 70.0 Å². The highest BCUT2D eigenvalue weighted by Crippen LogP contribution is 2.49. The molecule has 1 amide bonds. The quantitative estimate of drug-likeness (QED) is 0.224. The first-order valence-corrected chi connectivity index (χ1v) is 16.4. The van der Waals surface area contributed by atoms with E-state index >= 15 is 0 Å². The molecule has 2 aromatic heterocycles. The Balaban J connectivity index is 1.05. The molecule has 2 aromatic carbocycles. The van der Waals surface area contributed by atoms with Crippen molar-refractivity contribution in [2.24, 2.45) is 0 Å². The van der Waals surface area contributed by atoms with Gasteiger partial charge in [-0.15, -0.1) is 0 Å². The van der Waals surface area contributed by atoms with Crippen molar-refractivity contribution in [1.82, 2.24) is 19.4 Å². The van der Waals surface area contributed by atoms with Crippen molar-refractivity contribution >= 4 is 34.4 Å². The maximum absolute atomic E-state index is 12.4. The third-order valence-electron chi connectivity index (χ3n) is 8.85. The van der Waals surface area contributed by atoms with Gasteiger partial charge in [-0.2, -0.15) is 0 Å². The van der Waals surface area contributed by atoms with Gasteiger partial charge in [0, 0.05) is 31.0 Å². The smallest absolute Gasteiger partial charge is 0.412 e. The van der Waals surface area contributed by atoms with Gasteiger partial charge in [0.15, 0.2) is 11.5 Å². The van der Waals surface area contributed by atoms with Crippen LogP contribution in [0.2, 0.25) is 5.02 Å². The summed E-state index contributed by atoms with van der Waals surface area (Å²) in [6.45, 7) is 11.6. The first-order valence-electron chi connectivity index (χ1n) is 16.0. The van der Waals surface area contributed by atoms with Gasteiger partial charge >= 0.3 is 6.09 Å². The number of hydrogen-bond donors (Lipinski definition) is 1. The first kappa shape index (κ1) is 30.8. The van der Waals surface area contributed by atoms with Crippen LogP contribution in [-0.2, 0) is 28.4 Å². The predicted molar refractivity (Wildman–Crippen MR) is 175 cm³/mol. The van der Waals surface area contributed by atoms with Crippen molar-refractivity contribution < 1.29 is 23.7 Å². The summed E-state index contributed by atoms with van der Waals surface area (Å²) in [5.74, 6) is 1.89. The van der Waals surface area contributed by atoms with Gasteiger partial charge in [-0.05, 0) is 95.4 Å². The lowest BCUT2D eigenvalue weighted by Gasteiger charge is -2.33. The molecule has 2 atom stereocenters. The maximum atomic E-state index is 12.4. The molecular formula is C35H40ClN5O5. The van der Waals surface area contributed by atoms with Crippen LogP contribution >= 0.6 is 11.6 Å². The molecule has 46 heavy (non-hydrogen) atoms. The molecule has 3 aliphatic heterocycles. The molecule has 10 nitrogen and oxygen atoms in total. The second-order valence-corrected chi connectivity index (χ2v) is 13.9. The van der Waals surface area contributed by atoms with E-state index in [0.717, 1.165) is 80.4 Å². The number of para-hydroxylation sites is 1. The molecule has 4 aromatic rings. The number of rotatable bonds is 7. The van der Waals surface area contributed by atoms with Crippen molar-refractivity contribution in [1.29, 1.82) is 0 Å². The number of carbonyl (C=O) groups excluding carboxylic acids is 1. The van der Waals surface area contributed by atoms with E-state index in [0.29, 0.717) is 22.3 Å². The lowest BCUT2D eigenvalue weighted by molar-refractivity contribution is -0.0722. The Bertz CT molecular complexity index is 1740. The Morgan fingerprint density at radius 1 is 1.11 bits per heavy atom. The number of likely N-dealkylation sites (tertiary alicyclic amines) is 1. The third-order valence-corrected chi connectivity index (χ3v) is 9.07. The van der Waals surface area contributed by atoms with Crippen LogP contribution in [0.15, 0.2) is 54.7 Å². The number of imidazole rings is 1. The normalized spacial score (nSPS) is 21.7. The molecule has 11 heteroatoms. The van der Waals surface area contributed by atoms with Crippen molar-refractivity contribution in [2.45, 2.75) is 83.5 Å². The number of carbonyl (C=O) groups is 1. The van der Waals surface area contributed by atoms with Crippen LogP contribution in [0.4, 0.5) is 10.5 Å². The highest BCUT2D eigenvalue weighted by Gasteiger charge is 2.42. The molecule has 242 valence electrons. The maximum Gasteiger partial charge on any atom is 0.412 e. The SMILES string of the molecule is CC(C)(C)OC(=O)Nc1ccc2nc(CN3CCC(c4cccc5c4O[C@@](C)(c4ccc(Cl)cn4)O5)CC3)n(C[C@@H]3CCO3)c2c1. The van der Waals surface area contributed by atoms with E-state index in [-0.39, 0.29) is 6.10 Å². The van der Waals surface area contributed by atoms with E-state index in [1.54, 1.807) is 12.3 Å². The second kappa shape index (κ2) is 12.1. The number of amides is 1. The number of benzene rings is 2. The number of ether oxygens (including phenoxy) is 4. The summed E-state index contributed by atoms with van der Waals surface area (Å²) in [7, 11) is 0. The molecule has 5 heterocycles. The zero-order valence-corrected chi connectivity index (χ0v) is 27.5. The monoisotopic (exact) mass is 645 g/mol. The molecule has 7 rings (SSSR count).